The molecular weight excluding hydrogens is 278 g/mol. The van der Waals surface area contributed by atoms with E-state index in [-0.39, 0.29) is 5.75 Å². The molecule has 0 bridgehead atoms. The third-order valence-electron chi connectivity index (χ3n) is 2.05. The Morgan fingerprint density at radius 2 is 2.00 bits per heavy atom. The molecule has 0 atom stereocenters. The summed E-state index contributed by atoms with van der Waals surface area (Å²) in [5, 5.41) is 0. The molecule has 5 heteroatoms. The maximum atomic E-state index is 11.2. The quantitative estimate of drug-likeness (QED) is 0.901. The summed E-state index contributed by atoms with van der Waals surface area (Å²) in [4.78, 5) is 0. The fourth-order valence-electron chi connectivity index (χ4n) is 1.14. The average molecular weight is 292 g/mol. The van der Waals surface area contributed by atoms with Crippen molar-refractivity contribution in [2.24, 2.45) is 0 Å². The van der Waals surface area contributed by atoms with Crippen LogP contribution in [-0.4, -0.2) is 20.7 Å². The lowest BCUT2D eigenvalue weighted by Crippen LogP contribution is -2.27. The second kappa shape index (κ2) is 5.63. The van der Waals surface area contributed by atoms with E-state index < -0.39 is 10.0 Å². The fourth-order valence-corrected chi connectivity index (χ4v) is 2.24. The lowest BCUT2D eigenvalue weighted by Gasteiger charge is -2.05. The lowest BCUT2D eigenvalue weighted by atomic mass is 10.2. The highest BCUT2D eigenvalue weighted by atomic mass is 79.9. The fraction of sp³-hybridized carbons (Fsp3) is 0.400. The van der Waals surface area contributed by atoms with Crippen LogP contribution >= 0.6 is 15.9 Å². The minimum atomic E-state index is -3.07. The van der Waals surface area contributed by atoms with Crippen molar-refractivity contribution in [2.75, 3.05) is 12.3 Å². The molecule has 0 fully saturated rings. The van der Waals surface area contributed by atoms with Gasteiger partial charge in [0.15, 0.2) is 0 Å². The molecule has 0 amide bonds. The van der Waals surface area contributed by atoms with Gasteiger partial charge in [-0.1, -0.05) is 34.1 Å². The van der Waals surface area contributed by atoms with Gasteiger partial charge >= 0.3 is 0 Å². The molecule has 0 aliphatic carbocycles. The highest BCUT2D eigenvalue weighted by Crippen LogP contribution is 2.15. The molecule has 3 nitrogen and oxygen atoms in total. The zero-order valence-corrected chi connectivity index (χ0v) is 10.9. The average Bonchev–Trinajstić information content (AvgIpc) is 2.21. The van der Waals surface area contributed by atoms with Crippen LogP contribution in [0.15, 0.2) is 28.7 Å². The second-order valence-electron chi connectivity index (χ2n) is 3.14. The van der Waals surface area contributed by atoms with Crippen LogP contribution in [0.3, 0.4) is 0 Å². The first-order valence-corrected chi connectivity index (χ1v) is 7.20. The van der Waals surface area contributed by atoms with Crippen molar-refractivity contribution in [1.82, 2.24) is 4.72 Å². The van der Waals surface area contributed by atoms with E-state index in [1.165, 1.54) is 0 Å². The van der Waals surface area contributed by atoms with E-state index >= 15 is 0 Å². The van der Waals surface area contributed by atoms with Crippen molar-refractivity contribution in [1.29, 1.82) is 0 Å². The summed E-state index contributed by atoms with van der Waals surface area (Å²) in [6.45, 7) is 2.07. The molecule has 0 aliphatic rings. The van der Waals surface area contributed by atoms with Crippen molar-refractivity contribution in [3.63, 3.8) is 0 Å². The van der Waals surface area contributed by atoms with Crippen molar-refractivity contribution in [3.05, 3.63) is 34.3 Å². The highest BCUT2D eigenvalue weighted by molar-refractivity contribution is 9.10. The molecule has 0 aromatic heterocycles. The molecule has 84 valence electrons. The first-order chi connectivity index (χ1) is 7.05. The Morgan fingerprint density at radius 3 is 2.60 bits per heavy atom. The Kier molecular flexibility index (Phi) is 4.76. The van der Waals surface area contributed by atoms with Crippen LogP contribution in [0.2, 0.25) is 0 Å². The molecule has 0 spiro atoms. The summed E-state index contributed by atoms with van der Waals surface area (Å²) < 4.78 is 25.9. The summed E-state index contributed by atoms with van der Waals surface area (Å²) in [6.07, 6.45) is 0.695. The Labute approximate surface area is 99.1 Å². The van der Waals surface area contributed by atoms with E-state index in [1.54, 1.807) is 6.92 Å². The lowest BCUT2D eigenvalue weighted by molar-refractivity contribution is 0.583. The molecule has 0 aliphatic heterocycles. The van der Waals surface area contributed by atoms with Crippen LogP contribution in [0.1, 0.15) is 12.5 Å². The number of sulfonamides is 1. The normalized spacial score (nSPS) is 11.6. The maximum absolute atomic E-state index is 11.2. The zero-order valence-electron chi connectivity index (χ0n) is 8.53. The van der Waals surface area contributed by atoms with E-state index in [9.17, 15) is 8.42 Å². The number of rotatable bonds is 5. The van der Waals surface area contributed by atoms with Crippen molar-refractivity contribution in [2.45, 2.75) is 13.3 Å². The number of halogens is 1. The zero-order chi connectivity index (χ0) is 11.3. The van der Waals surface area contributed by atoms with Gasteiger partial charge in [0.1, 0.15) is 0 Å². The smallest absolute Gasteiger partial charge is 0.211 e. The number of benzene rings is 1. The van der Waals surface area contributed by atoms with Gasteiger partial charge in [-0.15, -0.1) is 0 Å². The van der Waals surface area contributed by atoms with Gasteiger partial charge in [0.2, 0.25) is 10.0 Å². The summed E-state index contributed by atoms with van der Waals surface area (Å²) >= 11 is 3.42. The van der Waals surface area contributed by atoms with E-state index in [1.807, 2.05) is 24.3 Å². The van der Waals surface area contributed by atoms with Gasteiger partial charge in [-0.2, -0.15) is 0 Å². The van der Waals surface area contributed by atoms with Gasteiger partial charge in [-0.25, -0.2) is 13.1 Å². The summed E-state index contributed by atoms with van der Waals surface area (Å²) in [7, 11) is -3.07. The highest BCUT2D eigenvalue weighted by Gasteiger charge is 2.05. The molecule has 0 saturated carbocycles. The first-order valence-electron chi connectivity index (χ1n) is 4.76. The molecule has 0 heterocycles. The summed E-state index contributed by atoms with van der Waals surface area (Å²) in [6, 6.07) is 7.80. The second-order valence-corrected chi connectivity index (χ2v) is 6.09. The van der Waals surface area contributed by atoms with Crippen LogP contribution in [0.4, 0.5) is 0 Å². The predicted octanol–water partition coefficient (Wildman–Crippen LogP) is 1.93. The summed E-state index contributed by atoms with van der Waals surface area (Å²) in [5.41, 5.74) is 1.11. The number of hydrogen-bond donors (Lipinski definition) is 1. The van der Waals surface area contributed by atoms with Crippen LogP contribution < -0.4 is 4.72 Å². The number of nitrogens with one attached hydrogen (secondary N) is 1. The van der Waals surface area contributed by atoms with Crippen molar-refractivity contribution < 1.29 is 8.42 Å². The molecule has 1 N–H and O–H groups in total. The van der Waals surface area contributed by atoms with E-state index in [0.29, 0.717) is 13.0 Å². The first kappa shape index (κ1) is 12.7. The molecule has 0 radical (unpaired) electrons. The van der Waals surface area contributed by atoms with Crippen molar-refractivity contribution in [3.8, 4) is 0 Å². The van der Waals surface area contributed by atoms with Gasteiger partial charge in [-0.05, 0) is 25.0 Å². The van der Waals surface area contributed by atoms with Gasteiger partial charge in [0, 0.05) is 11.0 Å². The van der Waals surface area contributed by atoms with Gasteiger partial charge in [-0.3, -0.25) is 0 Å². The summed E-state index contributed by atoms with van der Waals surface area (Å²) in [5.74, 6) is 0.128. The molecule has 1 aromatic rings. The Morgan fingerprint density at radius 1 is 1.33 bits per heavy atom. The van der Waals surface area contributed by atoms with Crippen LogP contribution in [0, 0.1) is 0 Å². The molecule has 0 saturated heterocycles. The van der Waals surface area contributed by atoms with Crippen LogP contribution in [0.25, 0.3) is 0 Å². The minimum absolute atomic E-state index is 0.128. The number of hydrogen-bond acceptors (Lipinski definition) is 2. The van der Waals surface area contributed by atoms with E-state index in [4.69, 9.17) is 0 Å². The SMILES string of the molecule is CCS(=O)(=O)NCCc1ccccc1Br. The molecule has 0 unspecified atom stereocenters. The third-order valence-corrected chi connectivity index (χ3v) is 4.23. The topological polar surface area (TPSA) is 46.2 Å². The van der Waals surface area contributed by atoms with Gasteiger partial charge in [0.25, 0.3) is 0 Å². The molecule has 1 aromatic carbocycles. The van der Waals surface area contributed by atoms with E-state index in [0.717, 1.165) is 10.0 Å². The minimum Gasteiger partial charge on any atom is -0.215 e. The van der Waals surface area contributed by atoms with Crippen molar-refractivity contribution >= 4 is 26.0 Å². The predicted molar refractivity (Wildman–Crippen MR) is 65.3 cm³/mol. The van der Waals surface area contributed by atoms with Crippen LogP contribution in [0.5, 0.6) is 0 Å². The van der Waals surface area contributed by atoms with E-state index in [2.05, 4.69) is 20.7 Å². The molecule has 15 heavy (non-hydrogen) atoms. The molecule has 1 rings (SSSR count). The largest absolute Gasteiger partial charge is 0.215 e. The Balaban J connectivity index is 2.49. The third kappa shape index (κ3) is 4.32. The molecular formula is C10H14BrNO2S. The Bertz CT molecular complexity index is 417. The maximum Gasteiger partial charge on any atom is 0.211 e. The Hall–Kier alpha value is -0.390. The van der Waals surface area contributed by atoms with Crippen LogP contribution in [-0.2, 0) is 16.4 Å². The standard InChI is InChI=1S/C10H14BrNO2S/c1-2-15(13,14)12-8-7-9-5-3-4-6-10(9)11/h3-6,12H,2,7-8H2,1H3. The monoisotopic (exact) mass is 291 g/mol. The van der Waals surface area contributed by atoms with Gasteiger partial charge in [0.05, 0.1) is 5.75 Å². The van der Waals surface area contributed by atoms with Gasteiger partial charge < -0.3 is 0 Å².